The Kier molecular flexibility index (Phi) is 5.80. The van der Waals surface area contributed by atoms with Crippen molar-refractivity contribution in [2.75, 3.05) is 26.8 Å². The molecular weight excluding hydrogens is 262 g/mol. The highest BCUT2D eigenvalue weighted by molar-refractivity contribution is 5.76. The molecule has 0 aromatic heterocycles. The van der Waals surface area contributed by atoms with E-state index in [0.717, 1.165) is 45.4 Å². The first-order valence-electron chi connectivity index (χ1n) is 7.98. The SMILES string of the molecule is COCCCCC(=O)N1CCC[C@](C)(c2ccccc2)C1. The van der Waals surface area contributed by atoms with Gasteiger partial charge in [-0.3, -0.25) is 4.79 Å². The number of carbonyl (C=O) groups is 1. The zero-order valence-electron chi connectivity index (χ0n) is 13.3. The van der Waals surface area contributed by atoms with Crippen LogP contribution in [0.4, 0.5) is 0 Å². The number of hydrogen-bond acceptors (Lipinski definition) is 2. The maximum Gasteiger partial charge on any atom is 0.222 e. The highest BCUT2D eigenvalue weighted by atomic mass is 16.5. The van der Waals surface area contributed by atoms with E-state index in [1.54, 1.807) is 7.11 Å². The van der Waals surface area contributed by atoms with Gasteiger partial charge in [-0.2, -0.15) is 0 Å². The molecule has 0 saturated carbocycles. The van der Waals surface area contributed by atoms with Crippen LogP contribution in [-0.4, -0.2) is 37.6 Å². The van der Waals surface area contributed by atoms with Crippen LogP contribution in [0.2, 0.25) is 0 Å². The molecule has 1 saturated heterocycles. The molecule has 3 nitrogen and oxygen atoms in total. The first-order chi connectivity index (χ1) is 10.2. The maximum atomic E-state index is 12.4. The van der Waals surface area contributed by atoms with Crippen LogP contribution in [0.15, 0.2) is 30.3 Å². The molecule has 1 atom stereocenters. The van der Waals surface area contributed by atoms with E-state index in [2.05, 4.69) is 42.2 Å². The minimum atomic E-state index is 0.0989. The first-order valence-corrected chi connectivity index (χ1v) is 7.98. The van der Waals surface area contributed by atoms with Crippen molar-refractivity contribution < 1.29 is 9.53 Å². The fourth-order valence-electron chi connectivity index (χ4n) is 3.21. The van der Waals surface area contributed by atoms with Crippen LogP contribution in [0.5, 0.6) is 0 Å². The largest absolute Gasteiger partial charge is 0.385 e. The summed E-state index contributed by atoms with van der Waals surface area (Å²) < 4.78 is 5.04. The summed E-state index contributed by atoms with van der Waals surface area (Å²) in [7, 11) is 1.71. The zero-order chi connectivity index (χ0) is 15.1. The number of amides is 1. The molecule has 1 aromatic carbocycles. The van der Waals surface area contributed by atoms with Crippen LogP contribution in [0.25, 0.3) is 0 Å². The molecule has 0 N–H and O–H groups in total. The van der Waals surface area contributed by atoms with Crippen LogP contribution in [0, 0.1) is 0 Å². The van der Waals surface area contributed by atoms with Gasteiger partial charge in [0.25, 0.3) is 0 Å². The van der Waals surface area contributed by atoms with E-state index < -0.39 is 0 Å². The van der Waals surface area contributed by atoms with E-state index in [9.17, 15) is 4.79 Å². The smallest absolute Gasteiger partial charge is 0.222 e. The Morgan fingerprint density at radius 3 is 2.76 bits per heavy atom. The van der Waals surface area contributed by atoms with Crippen molar-refractivity contribution in [2.45, 2.75) is 44.4 Å². The van der Waals surface area contributed by atoms with Crippen molar-refractivity contribution in [3.63, 3.8) is 0 Å². The fraction of sp³-hybridized carbons (Fsp3) is 0.611. The van der Waals surface area contributed by atoms with Crippen LogP contribution in [0.3, 0.4) is 0 Å². The summed E-state index contributed by atoms with van der Waals surface area (Å²) >= 11 is 0. The summed E-state index contributed by atoms with van der Waals surface area (Å²) in [5.74, 6) is 0.299. The Hall–Kier alpha value is -1.35. The summed E-state index contributed by atoms with van der Waals surface area (Å²) in [6.45, 7) is 4.79. The summed E-state index contributed by atoms with van der Waals surface area (Å²) in [5, 5.41) is 0. The summed E-state index contributed by atoms with van der Waals surface area (Å²) in [5.41, 5.74) is 1.45. The normalized spacial score (nSPS) is 22.3. The fourth-order valence-corrected chi connectivity index (χ4v) is 3.21. The average Bonchev–Trinajstić information content (AvgIpc) is 2.52. The molecule has 0 radical (unpaired) electrons. The van der Waals surface area contributed by atoms with Crippen molar-refractivity contribution in [3.8, 4) is 0 Å². The molecule has 1 fully saturated rings. The number of nitrogens with zero attached hydrogens (tertiary/aromatic N) is 1. The van der Waals surface area contributed by atoms with Gasteiger partial charge < -0.3 is 9.64 Å². The molecule has 1 amide bonds. The van der Waals surface area contributed by atoms with Crippen molar-refractivity contribution in [2.24, 2.45) is 0 Å². The molecule has 1 aliphatic heterocycles. The molecule has 1 aliphatic rings. The van der Waals surface area contributed by atoms with Gasteiger partial charge in [-0.1, -0.05) is 37.3 Å². The molecular formula is C18H27NO2. The van der Waals surface area contributed by atoms with Gasteiger partial charge >= 0.3 is 0 Å². The Morgan fingerprint density at radius 1 is 1.29 bits per heavy atom. The van der Waals surface area contributed by atoms with Crippen LogP contribution >= 0.6 is 0 Å². The number of unbranched alkanes of at least 4 members (excludes halogenated alkanes) is 1. The van der Waals surface area contributed by atoms with E-state index >= 15 is 0 Å². The van der Waals surface area contributed by atoms with Gasteiger partial charge in [-0.15, -0.1) is 0 Å². The Labute approximate surface area is 128 Å². The van der Waals surface area contributed by atoms with Gasteiger partial charge in [0.05, 0.1) is 0 Å². The molecule has 2 rings (SSSR count). The van der Waals surface area contributed by atoms with Crippen LogP contribution in [0.1, 0.15) is 44.6 Å². The van der Waals surface area contributed by atoms with Gasteiger partial charge in [0.1, 0.15) is 0 Å². The van der Waals surface area contributed by atoms with Crippen molar-refractivity contribution in [1.82, 2.24) is 4.90 Å². The van der Waals surface area contributed by atoms with Crippen LogP contribution < -0.4 is 0 Å². The molecule has 3 heteroatoms. The van der Waals surface area contributed by atoms with Gasteiger partial charge in [0.2, 0.25) is 5.91 Å². The number of likely N-dealkylation sites (tertiary alicyclic amines) is 1. The third-order valence-electron chi connectivity index (χ3n) is 4.51. The number of carbonyl (C=O) groups excluding carboxylic acids is 1. The third kappa shape index (κ3) is 4.31. The standard InChI is InChI=1S/C18H27NO2/c1-18(16-9-4-3-5-10-16)12-8-13-19(15-18)17(20)11-6-7-14-21-2/h3-5,9-10H,6-8,11-15H2,1-2H3/t18-/m0/s1. The van der Waals surface area contributed by atoms with E-state index in [1.165, 1.54) is 5.56 Å². The minimum Gasteiger partial charge on any atom is -0.385 e. The molecule has 0 aliphatic carbocycles. The predicted molar refractivity (Wildman–Crippen MR) is 85.3 cm³/mol. The summed E-state index contributed by atoms with van der Waals surface area (Å²) in [6.07, 6.45) is 4.78. The highest BCUT2D eigenvalue weighted by Crippen LogP contribution is 2.33. The maximum absolute atomic E-state index is 12.4. The second kappa shape index (κ2) is 7.60. The first kappa shape index (κ1) is 16.0. The monoisotopic (exact) mass is 289 g/mol. The lowest BCUT2D eigenvalue weighted by molar-refractivity contribution is -0.133. The predicted octanol–water partition coefficient (Wildman–Crippen LogP) is 3.38. The van der Waals surface area contributed by atoms with Gasteiger partial charge in [0, 0.05) is 38.6 Å². The van der Waals surface area contributed by atoms with Gasteiger partial charge in [-0.05, 0) is 31.2 Å². The quantitative estimate of drug-likeness (QED) is 0.751. The highest BCUT2D eigenvalue weighted by Gasteiger charge is 2.34. The molecule has 116 valence electrons. The van der Waals surface area contributed by atoms with Crippen LogP contribution in [-0.2, 0) is 14.9 Å². The molecule has 0 unspecified atom stereocenters. The number of methoxy groups -OCH3 is 1. The number of benzene rings is 1. The summed E-state index contributed by atoms with van der Waals surface area (Å²) in [6, 6.07) is 10.6. The second-order valence-corrected chi connectivity index (χ2v) is 6.30. The van der Waals surface area contributed by atoms with E-state index in [4.69, 9.17) is 4.74 Å². The molecule has 0 spiro atoms. The van der Waals surface area contributed by atoms with E-state index in [1.807, 2.05) is 0 Å². The Bertz CT molecular complexity index is 446. The minimum absolute atomic E-state index is 0.0989. The molecule has 21 heavy (non-hydrogen) atoms. The van der Waals surface area contributed by atoms with Crippen molar-refractivity contribution >= 4 is 5.91 Å². The van der Waals surface area contributed by atoms with Crippen molar-refractivity contribution in [3.05, 3.63) is 35.9 Å². The molecule has 1 aromatic rings. The van der Waals surface area contributed by atoms with Gasteiger partial charge in [-0.25, -0.2) is 0 Å². The van der Waals surface area contributed by atoms with E-state index in [-0.39, 0.29) is 5.41 Å². The zero-order valence-corrected chi connectivity index (χ0v) is 13.3. The third-order valence-corrected chi connectivity index (χ3v) is 4.51. The average molecular weight is 289 g/mol. The molecule has 1 heterocycles. The Balaban J connectivity index is 1.92. The molecule has 0 bridgehead atoms. The Morgan fingerprint density at radius 2 is 2.05 bits per heavy atom. The van der Waals surface area contributed by atoms with Gasteiger partial charge in [0.15, 0.2) is 0 Å². The number of hydrogen-bond donors (Lipinski definition) is 0. The lowest BCUT2D eigenvalue weighted by atomic mass is 9.76. The van der Waals surface area contributed by atoms with Crippen molar-refractivity contribution in [1.29, 1.82) is 0 Å². The topological polar surface area (TPSA) is 29.5 Å². The number of rotatable bonds is 6. The summed E-state index contributed by atoms with van der Waals surface area (Å²) in [4.78, 5) is 14.4. The second-order valence-electron chi connectivity index (χ2n) is 6.30. The van der Waals surface area contributed by atoms with E-state index in [0.29, 0.717) is 12.3 Å². The number of ether oxygens (including phenoxy) is 1. The lowest BCUT2D eigenvalue weighted by Crippen LogP contribution is -2.47. The number of piperidine rings is 1. The lowest BCUT2D eigenvalue weighted by Gasteiger charge is -2.41.